The van der Waals surface area contributed by atoms with Crippen LogP contribution in [0, 0.1) is 23.5 Å². The van der Waals surface area contributed by atoms with Gasteiger partial charge >= 0.3 is 5.97 Å². The Kier molecular flexibility index (Phi) is 8.67. The minimum absolute atomic E-state index is 0.0475. The molecule has 0 fully saturated rings. The van der Waals surface area contributed by atoms with Crippen molar-refractivity contribution in [1.29, 1.82) is 0 Å². The average Bonchev–Trinajstić information content (AvgIpc) is 3.01. The van der Waals surface area contributed by atoms with Gasteiger partial charge in [-0.1, -0.05) is 24.8 Å². The second-order valence-electron chi connectivity index (χ2n) is 9.60. The summed E-state index contributed by atoms with van der Waals surface area (Å²) >= 11 is 0. The van der Waals surface area contributed by atoms with Crippen LogP contribution in [0.15, 0.2) is 78.1 Å². The number of nitrogens with zero attached hydrogens (tertiary/aromatic N) is 4. The van der Waals surface area contributed by atoms with Crippen LogP contribution in [0.3, 0.4) is 0 Å². The van der Waals surface area contributed by atoms with Gasteiger partial charge in [0.1, 0.15) is 5.56 Å². The largest absolute Gasteiger partial charge is 0.478 e. The van der Waals surface area contributed by atoms with Crippen LogP contribution in [0.1, 0.15) is 44.3 Å². The fraction of sp³-hybridized carbons (Fsp3) is 0.125. The highest BCUT2D eigenvalue weighted by Gasteiger charge is 2.14. The Labute approximate surface area is 249 Å². The third-order valence-corrected chi connectivity index (χ3v) is 6.61. The van der Waals surface area contributed by atoms with E-state index in [0.717, 1.165) is 28.3 Å². The van der Waals surface area contributed by atoms with E-state index in [1.165, 1.54) is 12.4 Å². The maximum atomic E-state index is 13.5. The van der Waals surface area contributed by atoms with Gasteiger partial charge in [0.2, 0.25) is 5.95 Å². The molecule has 0 saturated carbocycles. The topological polar surface area (TPSA) is 139 Å². The maximum absolute atomic E-state index is 13.5. The molecule has 0 unspecified atom stereocenters. The number of anilines is 2. The molecule has 44 heavy (non-hydrogen) atoms. The molecule has 220 valence electrons. The Hall–Kier alpha value is -5.96. The van der Waals surface area contributed by atoms with E-state index < -0.39 is 29.1 Å². The van der Waals surface area contributed by atoms with Gasteiger partial charge in [0.25, 0.3) is 11.5 Å². The number of carboxylic acids is 1. The van der Waals surface area contributed by atoms with Crippen molar-refractivity contribution in [2.24, 2.45) is 0 Å². The lowest BCUT2D eigenvalue weighted by Gasteiger charge is -2.09. The lowest BCUT2D eigenvalue weighted by atomic mass is 10.0. The molecular formula is C32H24F2N6O4. The predicted octanol–water partition coefficient (Wildman–Crippen LogP) is 4.30. The molecule has 0 aliphatic heterocycles. The molecule has 12 heteroatoms. The SMILES string of the molecule is CCc1cc(Nc2ncc3cc(C#CCNC(=O)c4cncn(Cc5ccc(F)c(F)c5)c4=O)ccc3n2)ccc1C(=O)O. The molecule has 10 nitrogen and oxygen atoms in total. The van der Waals surface area contributed by atoms with Crippen molar-refractivity contribution in [2.75, 3.05) is 11.9 Å². The first kappa shape index (κ1) is 29.5. The van der Waals surface area contributed by atoms with Crippen LogP contribution in [0.2, 0.25) is 0 Å². The van der Waals surface area contributed by atoms with Crippen molar-refractivity contribution in [3.63, 3.8) is 0 Å². The van der Waals surface area contributed by atoms with Gasteiger partial charge in [-0.2, -0.15) is 0 Å². The molecule has 1 amide bonds. The molecule has 0 aliphatic rings. The minimum atomic E-state index is -1.04. The minimum Gasteiger partial charge on any atom is -0.478 e. The van der Waals surface area contributed by atoms with Crippen molar-refractivity contribution in [3.8, 4) is 11.8 Å². The molecule has 0 bridgehead atoms. The number of aromatic carboxylic acids is 1. The Morgan fingerprint density at radius 2 is 1.84 bits per heavy atom. The predicted molar refractivity (Wildman–Crippen MR) is 159 cm³/mol. The first-order valence-electron chi connectivity index (χ1n) is 13.4. The Balaban J connectivity index is 1.22. The summed E-state index contributed by atoms with van der Waals surface area (Å²) in [6.45, 7) is 1.74. The molecule has 2 heterocycles. The fourth-order valence-electron chi connectivity index (χ4n) is 4.39. The zero-order valence-electron chi connectivity index (χ0n) is 23.3. The van der Waals surface area contributed by atoms with Gasteiger partial charge in [-0.15, -0.1) is 0 Å². The Bertz CT molecular complexity index is 2030. The molecule has 0 atom stereocenters. The number of halogens is 2. The van der Waals surface area contributed by atoms with Crippen LogP contribution in [0.5, 0.6) is 0 Å². The van der Waals surface area contributed by atoms with E-state index in [2.05, 4.69) is 37.4 Å². The van der Waals surface area contributed by atoms with Gasteiger partial charge in [0.15, 0.2) is 11.6 Å². The fourth-order valence-corrected chi connectivity index (χ4v) is 4.39. The van der Waals surface area contributed by atoms with E-state index in [4.69, 9.17) is 0 Å². The van der Waals surface area contributed by atoms with Crippen LogP contribution in [0.4, 0.5) is 20.4 Å². The second kappa shape index (κ2) is 12.9. The summed E-state index contributed by atoms with van der Waals surface area (Å²) < 4.78 is 27.9. The van der Waals surface area contributed by atoms with E-state index in [9.17, 15) is 28.3 Å². The first-order chi connectivity index (χ1) is 21.2. The standard InChI is InChI=1S/C32H24F2N6O4/c1-2-21-14-23(7-8-24(21)31(43)44)38-32-37-15-22-12-19(6-10-28(22)39-32)4-3-11-36-29(41)25-16-35-18-40(30(25)42)17-20-5-9-26(33)27(34)13-20/h5-10,12-16,18H,2,11,17H2,1H3,(H,36,41)(H,43,44)(H,37,38,39). The molecule has 3 N–H and O–H groups in total. The maximum Gasteiger partial charge on any atom is 0.335 e. The summed E-state index contributed by atoms with van der Waals surface area (Å²) in [7, 11) is 0. The number of aryl methyl sites for hydroxylation is 1. The zero-order valence-corrected chi connectivity index (χ0v) is 23.3. The number of nitrogens with one attached hydrogen (secondary N) is 2. The zero-order chi connectivity index (χ0) is 31.2. The number of hydrogen-bond acceptors (Lipinski definition) is 7. The molecule has 0 aliphatic carbocycles. The van der Waals surface area contributed by atoms with E-state index in [1.54, 1.807) is 42.6 Å². The number of amides is 1. The number of carbonyl (C=O) groups excluding carboxylic acids is 1. The monoisotopic (exact) mass is 594 g/mol. The summed E-state index contributed by atoms with van der Waals surface area (Å²) in [5.74, 6) is 2.44. The quantitative estimate of drug-likeness (QED) is 0.226. The van der Waals surface area contributed by atoms with Gasteiger partial charge in [0, 0.05) is 29.0 Å². The van der Waals surface area contributed by atoms with Gasteiger partial charge in [-0.3, -0.25) is 14.2 Å². The number of benzene rings is 3. The molecular weight excluding hydrogens is 570 g/mol. The molecule has 5 aromatic rings. The average molecular weight is 595 g/mol. The number of fused-ring (bicyclic) bond motifs is 1. The summed E-state index contributed by atoms with van der Waals surface area (Å²) in [6.07, 6.45) is 4.54. The smallest absolute Gasteiger partial charge is 0.335 e. The highest BCUT2D eigenvalue weighted by Crippen LogP contribution is 2.21. The number of aromatic nitrogens is 4. The second-order valence-corrected chi connectivity index (χ2v) is 9.60. The van der Waals surface area contributed by atoms with Crippen LogP contribution in [0.25, 0.3) is 10.9 Å². The summed E-state index contributed by atoms with van der Waals surface area (Å²) in [5, 5.41) is 15.7. The molecule has 0 spiro atoms. The van der Waals surface area contributed by atoms with E-state index in [0.29, 0.717) is 40.3 Å². The van der Waals surface area contributed by atoms with Crippen LogP contribution in [-0.2, 0) is 13.0 Å². The van der Waals surface area contributed by atoms with Crippen molar-refractivity contribution in [1.82, 2.24) is 24.8 Å². The highest BCUT2D eigenvalue weighted by molar-refractivity contribution is 5.93. The molecule has 2 aromatic heterocycles. The number of carboxylic acid groups (broad SMARTS) is 1. The first-order valence-corrected chi connectivity index (χ1v) is 13.4. The molecule has 3 aromatic carbocycles. The molecule has 0 saturated heterocycles. The van der Waals surface area contributed by atoms with Gasteiger partial charge in [-0.25, -0.2) is 28.5 Å². The van der Waals surface area contributed by atoms with Crippen LogP contribution >= 0.6 is 0 Å². The lowest BCUT2D eigenvalue weighted by molar-refractivity contribution is 0.0695. The number of hydrogen-bond donors (Lipinski definition) is 3. The van der Waals surface area contributed by atoms with Gasteiger partial charge in [-0.05, 0) is 66.1 Å². The Morgan fingerprint density at radius 3 is 2.61 bits per heavy atom. The van der Waals surface area contributed by atoms with Crippen molar-refractivity contribution in [2.45, 2.75) is 19.9 Å². The molecule has 5 rings (SSSR count). The number of rotatable bonds is 8. The van der Waals surface area contributed by atoms with Gasteiger partial charge in [0.05, 0.1) is 30.5 Å². The van der Waals surface area contributed by atoms with Crippen LogP contribution in [-0.4, -0.2) is 43.0 Å². The van der Waals surface area contributed by atoms with Crippen molar-refractivity contribution in [3.05, 3.63) is 123 Å². The highest BCUT2D eigenvalue weighted by atomic mass is 19.2. The van der Waals surface area contributed by atoms with Gasteiger partial charge < -0.3 is 15.7 Å². The normalized spacial score (nSPS) is 10.6. The molecule has 0 radical (unpaired) electrons. The van der Waals surface area contributed by atoms with E-state index in [1.807, 2.05) is 6.92 Å². The lowest BCUT2D eigenvalue weighted by Crippen LogP contribution is -2.33. The summed E-state index contributed by atoms with van der Waals surface area (Å²) in [6, 6.07) is 13.6. The third kappa shape index (κ3) is 6.74. The van der Waals surface area contributed by atoms with Crippen molar-refractivity contribution < 1.29 is 23.5 Å². The van der Waals surface area contributed by atoms with Crippen molar-refractivity contribution >= 4 is 34.4 Å². The van der Waals surface area contributed by atoms with Crippen LogP contribution < -0.4 is 16.2 Å². The van der Waals surface area contributed by atoms with E-state index in [-0.39, 0.29) is 24.2 Å². The van der Waals surface area contributed by atoms with E-state index >= 15 is 0 Å². The summed E-state index contributed by atoms with van der Waals surface area (Å²) in [5.41, 5.74) is 2.42. The Morgan fingerprint density at radius 1 is 1.00 bits per heavy atom. The summed E-state index contributed by atoms with van der Waals surface area (Å²) in [4.78, 5) is 49.5. The third-order valence-electron chi connectivity index (χ3n) is 6.61. The number of carbonyl (C=O) groups is 2.